The zero-order valence-corrected chi connectivity index (χ0v) is 15.4. The molecule has 0 unspecified atom stereocenters. The summed E-state index contributed by atoms with van der Waals surface area (Å²) in [4.78, 5) is 17.0. The molecule has 1 amide bonds. The van der Waals surface area contributed by atoms with Crippen LogP contribution in [0.3, 0.4) is 0 Å². The first-order chi connectivity index (χ1) is 12.6. The number of carbonyl (C=O) groups is 1. The molecule has 0 bridgehead atoms. The Morgan fingerprint density at radius 2 is 1.88 bits per heavy atom. The fraction of sp³-hybridized carbons (Fsp3) is 0.167. The molecule has 2 N–H and O–H groups in total. The van der Waals surface area contributed by atoms with Crippen LogP contribution in [0.15, 0.2) is 47.5 Å². The van der Waals surface area contributed by atoms with Crippen molar-refractivity contribution in [3.63, 3.8) is 0 Å². The second-order valence-electron chi connectivity index (χ2n) is 4.90. The predicted octanol–water partition coefficient (Wildman–Crippen LogP) is 3.38. The van der Waals surface area contributed by atoms with Crippen molar-refractivity contribution in [1.29, 1.82) is 5.26 Å². The van der Waals surface area contributed by atoms with Gasteiger partial charge in [0.05, 0.1) is 25.5 Å². The third kappa shape index (κ3) is 4.68. The highest BCUT2D eigenvalue weighted by atomic mass is 32.2. The summed E-state index contributed by atoms with van der Waals surface area (Å²) in [5.41, 5.74) is 1.40. The zero-order chi connectivity index (χ0) is 18.9. The van der Waals surface area contributed by atoms with Gasteiger partial charge in [0.15, 0.2) is 22.9 Å². The van der Waals surface area contributed by atoms with Gasteiger partial charge in [0.25, 0.3) is 5.91 Å². The third-order valence-corrected chi connectivity index (χ3v) is 3.95. The van der Waals surface area contributed by atoms with E-state index in [9.17, 15) is 4.79 Å². The minimum absolute atomic E-state index is 0.325. The Morgan fingerprint density at radius 3 is 2.54 bits per heavy atom. The number of rotatable bonds is 5. The number of methoxy groups -OCH3 is 2. The van der Waals surface area contributed by atoms with Crippen LogP contribution < -0.4 is 20.1 Å². The van der Waals surface area contributed by atoms with Crippen molar-refractivity contribution < 1.29 is 14.3 Å². The minimum Gasteiger partial charge on any atom is -0.493 e. The summed E-state index contributed by atoms with van der Waals surface area (Å²) in [7, 11) is 3.07. The molecule has 2 aromatic rings. The fourth-order valence-corrected chi connectivity index (χ4v) is 2.49. The van der Waals surface area contributed by atoms with E-state index < -0.39 is 0 Å². The maximum atomic E-state index is 12.7. The predicted molar refractivity (Wildman–Crippen MR) is 103 cm³/mol. The first-order valence-electron chi connectivity index (χ1n) is 7.53. The number of anilines is 1. The molecule has 134 valence electrons. The van der Waals surface area contributed by atoms with Crippen molar-refractivity contribution in [1.82, 2.24) is 5.32 Å². The number of hydrogen-bond acceptors (Lipinski definition) is 6. The van der Waals surface area contributed by atoms with Gasteiger partial charge in [-0.2, -0.15) is 5.26 Å². The van der Waals surface area contributed by atoms with Crippen LogP contribution in [0.25, 0.3) is 0 Å². The van der Waals surface area contributed by atoms with Gasteiger partial charge in [0.2, 0.25) is 0 Å². The molecule has 0 aromatic heterocycles. The third-order valence-electron chi connectivity index (χ3n) is 3.37. The van der Waals surface area contributed by atoms with Crippen LogP contribution in [-0.4, -0.2) is 31.6 Å². The molecule has 0 atom stereocenters. The number of amides is 1. The number of para-hydroxylation sites is 1. The van der Waals surface area contributed by atoms with Gasteiger partial charge in [0.1, 0.15) is 0 Å². The zero-order valence-electron chi connectivity index (χ0n) is 14.6. The molecule has 26 heavy (non-hydrogen) atoms. The number of nitrogens with one attached hydrogen (secondary N) is 2. The van der Waals surface area contributed by atoms with E-state index in [0.29, 0.717) is 33.6 Å². The van der Waals surface area contributed by atoms with E-state index in [1.54, 1.807) is 55.8 Å². The van der Waals surface area contributed by atoms with Crippen LogP contribution in [0.2, 0.25) is 0 Å². The maximum absolute atomic E-state index is 12.7. The quantitative estimate of drug-likeness (QED) is 0.363. The lowest BCUT2D eigenvalue weighted by Crippen LogP contribution is -2.15. The number of benzene rings is 2. The van der Waals surface area contributed by atoms with Gasteiger partial charge in [0, 0.05) is 11.8 Å². The minimum atomic E-state index is -0.325. The number of carbonyl (C=O) groups excluding carboxylic acids is 1. The Morgan fingerprint density at radius 1 is 1.15 bits per heavy atom. The highest BCUT2D eigenvalue weighted by Gasteiger charge is 2.13. The number of thioether (sulfide) groups is 1. The molecule has 0 aliphatic rings. The summed E-state index contributed by atoms with van der Waals surface area (Å²) in [6, 6.07) is 12.0. The highest BCUT2D eigenvalue weighted by molar-refractivity contribution is 8.13. The molecule has 0 saturated heterocycles. The van der Waals surface area contributed by atoms with Crippen molar-refractivity contribution in [2.75, 3.05) is 25.8 Å². The van der Waals surface area contributed by atoms with Crippen LogP contribution in [0.4, 0.5) is 11.4 Å². The van der Waals surface area contributed by atoms with Gasteiger partial charge < -0.3 is 14.8 Å². The second-order valence-corrected chi connectivity index (χ2v) is 5.69. The number of aliphatic imine (C=N–C) groups is 1. The van der Waals surface area contributed by atoms with Gasteiger partial charge in [-0.25, -0.2) is 4.99 Å². The van der Waals surface area contributed by atoms with E-state index in [-0.39, 0.29) is 5.91 Å². The molecule has 8 heteroatoms. The van der Waals surface area contributed by atoms with Gasteiger partial charge in [-0.1, -0.05) is 23.9 Å². The lowest BCUT2D eigenvalue weighted by Gasteiger charge is -2.11. The molecular formula is C18H18N4O3S. The molecule has 0 heterocycles. The molecular weight excluding hydrogens is 352 g/mol. The Hall–Kier alpha value is -3.18. The van der Waals surface area contributed by atoms with Crippen molar-refractivity contribution in [2.45, 2.75) is 0 Å². The number of ether oxygens (including phenoxy) is 2. The Balaban J connectivity index is 2.30. The van der Waals surface area contributed by atoms with Gasteiger partial charge in [-0.05, 0) is 30.5 Å². The smallest absolute Gasteiger partial charge is 0.257 e. The number of amidine groups is 1. The molecule has 2 aromatic carbocycles. The van der Waals surface area contributed by atoms with Crippen LogP contribution in [0.1, 0.15) is 10.4 Å². The SMILES string of the molecule is COc1ccc(NC(=O)c2ccccc2N=C(NC#N)SC)cc1OC. The monoisotopic (exact) mass is 370 g/mol. The summed E-state index contributed by atoms with van der Waals surface area (Å²) >= 11 is 1.28. The van der Waals surface area contributed by atoms with Crippen molar-refractivity contribution in [3.8, 4) is 17.7 Å². The topological polar surface area (TPSA) is 95.7 Å². The average Bonchev–Trinajstić information content (AvgIpc) is 2.67. The van der Waals surface area contributed by atoms with E-state index in [4.69, 9.17) is 14.7 Å². The second kappa shape index (κ2) is 9.34. The van der Waals surface area contributed by atoms with E-state index in [1.807, 2.05) is 6.19 Å². The molecule has 2 rings (SSSR count). The van der Waals surface area contributed by atoms with Gasteiger partial charge in [-0.15, -0.1) is 0 Å². The van der Waals surface area contributed by atoms with Crippen molar-refractivity contribution in [3.05, 3.63) is 48.0 Å². The largest absolute Gasteiger partial charge is 0.493 e. The molecule has 0 fully saturated rings. The first-order valence-corrected chi connectivity index (χ1v) is 8.75. The van der Waals surface area contributed by atoms with E-state index >= 15 is 0 Å². The van der Waals surface area contributed by atoms with Crippen LogP contribution in [0, 0.1) is 11.5 Å². The van der Waals surface area contributed by atoms with E-state index in [0.717, 1.165) is 0 Å². The fourth-order valence-electron chi connectivity index (χ4n) is 2.16. The normalized spacial score (nSPS) is 10.6. The highest BCUT2D eigenvalue weighted by Crippen LogP contribution is 2.30. The van der Waals surface area contributed by atoms with Crippen molar-refractivity contribution >= 4 is 34.2 Å². The summed E-state index contributed by atoms with van der Waals surface area (Å²) < 4.78 is 10.4. The molecule has 0 spiro atoms. The molecule has 0 saturated carbocycles. The summed E-state index contributed by atoms with van der Waals surface area (Å²) in [5.74, 6) is 0.760. The van der Waals surface area contributed by atoms with Crippen LogP contribution >= 0.6 is 11.8 Å². The van der Waals surface area contributed by atoms with Crippen LogP contribution in [0.5, 0.6) is 11.5 Å². The van der Waals surface area contributed by atoms with Crippen molar-refractivity contribution in [2.24, 2.45) is 4.99 Å². The van der Waals surface area contributed by atoms with Gasteiger partial charge >= 0.3 is 0 Å². The first kappa shape index (κ1) is 19.1. The Labute approximate surface area is 156 Å². The van der Waals surface area contributed by atoms with Crippen LogP contribution in [-0.2, 0) is 0 Å². The molecule has 0 aliphatic heterocycles. The molecule has 0 aliphatic carbocycles. The summed E-state index contributed by atoms with van der Waals surface area (Å²) in [5, 5.41) is 14.4. The number of hydrogen-bond donors (Lipinski definition) is 2. The summed E-state index contributed by atoms with van der Waals surface area (Å²) in [6.45, 7) is 0. The number of nitrogens with zero attached hydrogens (tertiary/aromatic N) is 2. The Kier molecular flexibility index (Phi) is 6.88. The van der Waals surface area contributed by atoms with E-state index in [2.05, 4.69) is 15.6 Å². The maximum Gasteiger partial charge on any atom is 0.257 e. The Bertz CT molecular complexity index is 862. The average molecular weight is 370 g/mol. The molecule has 7 nitrogen and oxygen atoms in total. The standard InChI is InChI=1S/C18H18N4O3S/c1-24-15-9-8-12(10-16(15)25-2)21-17(23)13-6-4-5-7-14(13)22-18(26-3)20-11-19/h4-10H,1-3H3,(H,20,22)(H,21,23). The lowest BCUT2D eigenvalue weighted by molar-refractivity contribution is 0.102. The van der Waals surface area contributed by atoms with Gasteiger partial charge in [-0.3, -0.25) is 10.1 Å². The van der Waals surface area contributed by atoms with E-state index in [1.165, 1.54) is 18.9 Å². The summed E-state index contributed by atoms with van der Waals surface area (Å²) in [6.07, 6.45) is 3.61. The number of nitriles is 1. The lowest BCUT2D eigenvalue weighted by atomic mass is 10.1. The molecule has 0 radical (unpaired) electrons.